The second-order valence-corrected chi connectivity index (χ2v) is 7.37. The Morgan fingerprint density at radius 3 is 2.18 bits per heavy atom. The molecule has 1 unspecified atom stereocenters. The number of carbonyl (C=O) groups excluding carboxylic acids is 2. The van der Waals surface area contributed by atoms with Gasteiger partial charge in [0.05, 0.1) is 9.85 Å². The first-order valence-electron chi connectivity index (χ1n) is 9.12. The molecule has 0 saturated heterocycles. The molecule has 10 nitrogen and oxygen atoms in total. The fourth-order valence-electron chi connectivity index (χ4n) is 2.84. The zero-order valence-corrected chi connectivity index (χ0v) is 17.9. The van der Waals surface area contributed by atoms with E-state index < -0.39 is 44.8 Å². The summed E-state index contributed by atoms with van der Waals surface area (Å²) in [7, 11) is 0. The Labute approximate surface area is 196 Å². The smallest absolute Gasteiger partial charge is 0.346 e. The van der Waals surface area contributed by atoms with Crippen LogP contribution in [-0.4, -0.2) is 21.7 Å². The molecule has 0 aliphatic rings. The number of nitro benzene ring substituents is 2. The predicted octanol–water partition coefficient (Wildman–Crippen LogP) is 5.35. The van der Waals surface area contributed by atoms with Crippen molar-refractivity contribution in [2.45, 2.75) is 6.10 Å². The third-order valence-corrected chi connectivity index (χ3v) is 4.91. The van der Waals surface area contributed by atoms with Crippen LogP contribution in [0.1, 0.15) is 22.0 Å². The Morgan fingerprint density at radius 2 is 1.55 bits per heavy atom. The van der Waals surface area contributed by atoms with E-state index in [2.05, 4.69) is 5.32 Å². The lowest BCUT2D eigenvalue weighted by Gasteiger charge is -2.18. The van der Waals surface area contributed by atoms with E-state index >= 15 is 0 Å². The molecule has 0 spiro atoms. The van der Waals surface area contributed by atoms with Crippen molar-refractivity contribution >= 4 is 52.1 Å². The summed E-state index contributed by atoms with van der Waals surface area (Å²) in [6, 6.07) is 14.9. The van der Waals surface area contributed by atoms with Gasteiger partial charge in [0, 0.05) is 28.4 Å². The molecule has 3 aromatic rings. The Balaban J connectivity index is 1.93. The van der Waals surface area contributed by atoms with E-state index in [1.54, 1.807) is 18.2 Å². The summed E-state index contributed by atoms with van der Waals surface area (Å²) in [5.74, 6) is -1.98. The number of nitrogens with zero attached hydrogens (tertiary/aromatic N) is 2. The maximum atomic E-state index is 13.0. The number of nitro groups is 2. The second-order valence-electron chi connectivity index (χ2n) is 6.53. The molecule has 1 N–H and O–H groups in total. The van der Waals surface area contributed by atoms with Crippen LogP contribution in [0.4, 0.5) is 17.1 Å². The number of rotatable bonds is 7. The molecule has 0 heterocycles. The van der Waals surface area contributed by atoms with E-state index in [1.807, 2.05) is 0 Å². The fraction of sp³-hybridized carbons (Fsp3) is 0.0476. The van der Waals surface area contributed by atoms with Crippen LogP contribution in [0.25, 0.3) is 0 Å². The number of benzene rings is 3. The van der Waals surface area contributed by atoms with Gasteiger partial charge >= 0.3 is 5.97 Å². The van der Waals surface area contributed by atoms with Crippen molar-refractivity contribution in [2.75, 3.05) is 5.32 Å². The van der Waals surface area contributed by atoms with Crippen molar-refractivity contribution < 1.29 is 24.2 Å². The average molecular weight is 490 g/mol. The molecular formula is C21H13Cl2N3O7. The molecule has 168 valence electrons. The van der Waals surface area contributed by atoms with Crippen LogP contribution in [0.3, 0.4) is 0 Å². The highest BCUT2D eigenvalue weighted by atomic mass is 35.5. The Bertz CT molecular complexity index is 1250. The van der Waals surface area contributed by atoms with E-state index in [-0.39, 0.29) is 21.3 Å². The van der Waals surface area contributed by atoms with Gasteiger partial charge in [-0.05, 0) is 24.3 Å². The maximum Gasteiger partial charge on any atom is 0.346 e. The van der Waals surface area contributed by atoms with Crippen molar-refractivity contribution in [3.63, 3.8) is 0 Å². The minimum atomic E-state index is -1.52. The monoisotopic (exact) mass is 489 g/mol. The summed E-state index contributed by atoms with van der Waals surface area (Å²) in [5, 5.41) is 24.8. The number of halogens is 2. The number of nitrogens with one attached hydrogen (secondary N) is 1. The van der Waals surface area contributed by atoms with Gasteiger partial charge in [-0.3, -0.25) is 25.0 Å². The van der Waals surface area contributed by atoms with Crippen molar-refractivity contribution in [1.29, 1.82) is 0 Å². The maximum absolute atomic E-state index is 13.0. The lowest BCUT2D eigenvalue weighted by molar-refractivity contribution is -0.385. The van der Waals surface area contributed by atoms with E-state index in [0.29, 0.717) is 0 Å². The lowest BCUT2D eigenvalue weighted by atomic mass is 10.1. The Hall–Kier alpha value is -4.02. The van der Waals surface area contributed by atoms with E-state index in [1.165, 1.54) is 30.3 Å². The first kappa shape index (κ1) is 23.6. The van der Waals surface area contributed by atoms with Gasteiger partial charge < -0.3 is 10.1 Å². The zero-order chi connectivity index (χ0) is 24.1. The predicted molar refractivity (Wildman–Crippen MR) is 119 cm³/mol. The molecule has 3 aromatic carbocycles. The van der Waals surface area contributed by atoms with Gasteiger partial charge in [-0.1, -0.05) is 53.5 Å². The van der Waals surface area contributed by atoms with E-state index in [4.69, 9.17) is 27.9 Å². The minimum Gasteiger partial charge on any atom is -0.443 e. The first-order chi connectivity index (χ1) is 15.7. The van der Waals surface area contributed by atoms with Crippen molar-refractivity contribution in [3.8, 4) is 0 Å². The molecule has 0 radical (unpaired) electrons. The highest BCUT2D eigenvalue weighted by Crippen LogP contribution is 2.30. The molecule has 0 fully saturated rings. The standard InChI is InChI=1S/C21H13Cl2N3O7/c22-13-6-8-15(17(10-13)25(29)30)21(28)33-19(12-4-2-1-3-5-12)20(27)24-14-7-9-16(23)18(11-14)26(31)32/h1-11,19H,(H,24,27). The number of esters is 1. The zero-order valence-electron chi connectivity index (χ0n) is 16.4. The number of anilines is 1. The summed E-state index contributed by atoms with van der Waals surface area (Å²) in [6.07, 6.45) is -1.52. The van der Waals surface area contributed by atoms with Crippen LogP contribution in [0.15, 0.2) is 66.7 Å². The second kappa shape index (κ2) is 10.1. The highest BCUT2D eigenvalue weighted by Gasteiger charge is 2.30. The van der Waals surface area contributed by atoms with Gasteiger partial charge in [0.15, 0.2) is 0 Å². The van der Waals surface area contributed by atoms with Gasteiger partial charge in [-0.25, -0.2) is 4.79 Å². The van der Waals surface area contributed by atoms with Crippen LogP contribution in [-0.2, 0) is 9.53 Å². The lowest BCUT2D eigenvalue weighted by Crippen LogP contribution is -2.26. The van der Waals surface area contributed by atoms with Crippen molar-refractivity contribution in [1.82, 2.24) is 0 Å². The summed E-state index contributed by atoms with van der Waals surface area (Å²) >= 11 is 11.6. The molecule has 3 rings (SSSR count). The summed E-state index contributed by atoms with van der Waals surface area (Å²) in [6.45, 7) is 0. The van der Waals surface area contributed by atoms with Crippen molar-refractivity contribution in [3.05, 3.63) is 108 Å². The Kier molecular flexibility index (Phi) is 7.21. The first-order valence-corrected chi connectivity index (χ1v) is 9.87. The third kappa shape index (κ3) is 5.62. The summed E-state index contributed by atoms with van der Waals surface area (Å²) < 4.78 is 5.33. The van der Waals surface area contributed by atoms with Crippen LogP contribution in [0.2, 0.25) is 10.0 Å². The van der Waals surface area contributed by atoms with Crippen LogP contribution < -0.4 is 5.32 Å². The average Bonchev–Trinajstić information content (AvgIpc) is 2.78. The number of carbonyl (C=O) groups is 2. The molecule has 0 aliphatic carbocycles. The van der Waals surface area contributed by atoms with E-state index in [0.717, 1.165) is 18.2 Å². The fourth-order valence-corrected chi connectivity index (χ4v) is 3.19. The molecule has 0 aromatic heterocycles. The quantitative estimate of drug-likeness (QED) is 0.267. The molecule has 0 bridgehead atoms. The topological polar surface area (TPSA) is 142 Å². The normalized spacial score (nSPS) is 11.3. The molecule has 0 aliphatic heterocycles. The van der Waals surface area contributed by atoms with Gasteiger partial charge in [0.1, 0.15) is 10.6 Å². The Morgan fingerprint density at radius 1 is 0.879 bits per heavy atom. The summed E-state index contributed by atoms with van der Waals surface area (Å²) in [4.78, 5) is 46.6. The highest BCUT2D eigenvalue weighted by molar-refractivity contribution is 6.32. The third-order valence-electron chi connectivity index (χ3n) is 4.35. The molecule has 0 saturated carbocycles. The van der Waals surface area contributed by atoms with Gasteiger partial charge in [-0.2, -0.15) is 0 Å². The summed E-state index contributed by atoms with van der Waals surface area (Å²) in [5.41, 5.74) is -1.12. The molecule has 1 atom stereocenters. The van der Waals surface area contributed by atoms with Gasteiger partial charge in [-0.15, -0.1) is 0 Å². The number of amides is 1. The minimum absolute atomic E-state index is 0.0329. The van der Waals surface area contributed by atoms with Crippen LogP contribution in [0.5, 0.6) is 0 Å². The molecule has 33 heavy (non-hydrogen) atoms. The van der Waals surface area contributed by atoms with E-state index in [9.17, 15) is 29.8 Å². The number of ether oxygens (including phenoxy) is 1. The number of hydrogen-bond acceptors (Lipinski definition) is 7. The van der Waals surface area contributed by atoms with Crippen LogP contribution in [0, 0.1) is 20.2 Å². The van der Waals surface area contributed by atoms with Gasteiger partial charge in [0.25, 0.3) is 17.3 Å². The number of hydrogen-bond donors (Lipinski definition) is 1. The largest absolute Gasteiger partial charge is 0.443 e. The molecule has 12 heteroatoms. The van der Waals surface area contributed by atoms with Crippen LogP contribution >= 0.6 is 23.2 Å². The molecule has 1 amide bonds. The molecular weight excluding hydrogens is 477 g/mol. The SMILES string of the molecule is O=C(OC(C(=O)Nc1ccc(Cl)c([N+](=O)[O-])c1)c1ccccc1)c1ccc(Cl)cc1[N+](=O)[O-]. The van der Waals surface area contributed by atoms with Gasteiger partial charge in [0.2, 0.25) is 6.10 Å². The van der Waals surface area contributed by atoms with Crippen molar-refractivity contribution in [2.24, 2.45) is 0 Å².